The Hall–Kier alpha value is -1.88. The van der Waals surface area contributed by atoms with Crippen molar-refractivity contribution in [1.29, 1.82) is 0 Å². The van der Waals surface area contributed by atoms with E-state index in [1.54, 1.807) is 0 Å². The smallest absolute Gasteiger partial charge is 0.375 e. The summed E-state index contributed by atoms with van der Waals surface area (Å²) in [6.07, 6.45) is -1.69. The van der Waals surface area contributed by atoms with Crippen LogP contribution in [0.1, 0.15) is 11.7 Å². The molecule has 5 nitrogen and oxygen atoms in total. The Labute approximate surface area is 79.2 Å². The molecule has 0 aliphatic carbocycles. The first-order valence-corrected chi connectivity index (χ1v) is 3.76. The number of aromatic hydroxyl groups is 1. The molecule has 74 valence electrons. The van der Waals surface area contributed by atoms with Crippen molar-refractivity contribution < 1.29 is 24.9 Å². The van der Waals surface area contributed by atoms with E-state index in [1.807, 2.05) is 0 Å². The molecule has 0 saturated carbocycles. The van der Waals surface area contributed by atoms with E-state index < -0.39 is 17.9 Å². The lowest BCUT2D eigenvalue weighted by Gasteiger charge is -2.06. The number of aliphatic hydroxyl groups excluding tert-OH is 1. The van der Waals surface area contributed by atoms with Crippen molar-refractivity contribution in [3.63, 3.8) is 0 Å². The van der Waals surface area contributed by atoms with E-state index in [0.29, 0.717) is 0 Å². The summed E-state index contributed by atoms with van der Waals surface area (Å²) >= 11 is 0. The van der Waals surface area contributed by atoms with Crippen molar-refractivity contribution in [2.45, 2.75) is 6.10 Å². The van der Waals surface area contributed by atoms with Gasteiger partial charge < -0.3 is 15.3 Å². The van der Waals surface area contributed by atoms with Crippen LogP contribution in [-0.2, 0) is 9.59 Å². The molecule has 5 heteroatoms. The monoisotopic (exact) mass is 196 g/mol. The number of aliphatic hydroxyl groups is 1. The first-order valence-electron chi connectivity index (χ1n) is 3.76. The van der Waals surface area contributed by atoms with Crippen LogP contribution in [0.3, 0.4) is 0 Å². The third kappa shape index (κ3) is 2.08. The predicted octanol–water partition coefficient (Wildman–Crippen LogP) is 0.0793. The molecule has 0 aromatic heterocycles. The number of Topliss-reactive ketones (excluding diaryl/α,β-unsaturated/α-hetero) is 1. The summed E-state index contributed by atoms with van der Waals surface area (Å²) in [5.41, 5.74) is 0.134. The molecular formula is C9H8O5. The Morgan fingerprint density at radius 2 is 1.64 bits per heavy atom. The zero-order valence-corrected chi connectivity index (χ0v) is 7.04. The second-order valence-corrected chi connectivity index (χ2v) is 2.66. The summed E-state index contributed by atoms with van der Waals surface area (Å²) in [5, 5.41) is 26.5. The van der Waals surface area contributed by atoms with E-state index in [4.69, 9.17) is 10.2 Å². The summed E-state index contributed by atoms with van der Waals surface area (Å²) in [6, 6.07) is 5.07. The minimum absolute atomic E-state index is 0.0243. The zero-order valence-electron chi connectivity index (χ0n) is 7.04. The topological polar surface area (TPSA) is 94.8 Å². The highest BCUT2D eigenvalue weighted by Crippen LogP contribution is 2.17. The maximum Gasteiger partial charge on any atom is 0.375 e. The molecule has 0 fully saturated rings. The minimum atomic E-state index is -1.69. The Kier molecular flexibility index (Phi) is 2.83. The van der Waals surface area contributed by atoms with Gasteiger partial charge in [-0.1, -0.05) is 12.1 Å². The fourth-order valence-corrected chi connectivity index (χ4v) is 0.925. The lowest BCUT2D eigenvalue weighted by molar-refractivity contribution is -0.153. The standard InChI is InChI=1S/C9H8O5/c10-6-3-1-5(2-4-6)7(11)8(12)9(13)14/h1-4,7,10-11H,(H,13,14)/t7-/m0/s1. The summed E-state index contributed by atoms with van der Waals surface area (Å²) in [6.45, 7) is 0. The van der Waals surface area contributed by atoms with Gasteiger partial charge in [0.15, 0.2) is 0 Å². The molecule has 0 radical (unpaired) electrons. The Balaban J connectivity index is 2.89. The number of hydrogen-bond acceptors (Lipinski definition) is 4. The van der Waals surface area contributed by atoms with Gasteiger partial charge in [-0.25, -0.2) is 4.79 Å². The SMILES string of the molecule is O=C(O)C(=O)[C@@H](O)c1ccc(O)cc1. The second-order valence-electron chi connectivity index (χ2n) is 2.66. The minimum Gasteiger partial charge on any atom is -0.508 e. The van der Waals surface area contributed by atoms with E-state index in [9.17, 15) is 14.7 Å². The molecule has 0 heterocycles. The van der Waals surface area contributed by atoms with Crippen LogP contribution in [0, 0.1) is 0 Å². The van der Waals surface area contributed by atoms with Gasteiger partial charge in [-0.05, 0) is 17.7 Å². The number of benzene rings is 1. The summed E-state index contributed by atoms with van der Waals surface area (Å²) in [4.78, 5) is 21.0. The van der Waals surface area contributed by atoms with E-state index >= 15 is 0 Å². The maximum atomic E-state index is 10.8. The van der Waals surface area contributed by atoms with Crippen LogP contribution in [0.15, 0.2) is 24.3 Å². The first-order chi connectivity index (χ1) is 6.52. The fourth-order valence-electron chi connectivity index (χ4n) is 0.925. The number of aliphatic carboxylic acids is 1. The van der Waals surface area contributed by atoms with Gasteiger partial charge in [0.1, 0.15) is 11.9 Å². The molecule has 0 aliphatic rings. The molecule has 0 spiro atoms. The number of carboxylic acids is 1. The molecular weight excluding hydrogens is 188 g/mol. The zero-order chi connectivity index (χ0) is 10.7. The number of rotatable bonds is 3. The van der Waals surface area contributed by atoms with Gasteiger partial charge in [-0.15, -0.1) is 0 Å². The number of carbonyl (C=O) groups is 2. The summed E-state index contributed by atoms with van der Waals surface area (Å²) < 4.78 is 0. The Morgan fingerprint density at radius 1 is 1.14 bits per heavy atom. The van der Waals surface area contributed by atoms with E-state index in [2.05, 4.69) is 0 Å². The highest BCUT2D eigenvalue weighted by Gasteiger charge is 2.23. The van der Waals surface area contributed by atoms with Gasteiger partial charge in [0.2, 0.25) is 0 Å². The first kappa shape index (κ1) is 10.2. The summed E-state index contributed by atoms with van der Waals surface area (Å²) in [7, 11) is 0. The van der Waals surface area contributed by atoms with Crippen molar-refractivity contribution in [1.82, 2.24) is 0 Å². The Morgan fingerprint density at radius 3 is 2.07 bits per heavy atom. The van der Waals surface area contributed by atoms with Crippen LogP contribution in [0.5, 0.6) is 5.75 Å². The average molecular weight is 196 g/mol. The molecule has 14 heavy (non-hydrogen) atoms. The number of hydrogen-bond donors (Lipinski definition) is 3. The van der Waals surface area contributed by atoms with Crippen LogP contribution in [0.25, 0.3) is 0 Å². The largest absolute Gasteiger partial charge is 0.508 e. The van der Waals surface area contributed by atoms with Crippen molar-refractivity contribution in [2.75, 3.05) is 0 Å². The fraction of sp³-hybridized carbons (Fsp3) is 0.111. The van der Waals surface area contributed by atoms with E-state index in [1.165, 1.54) is 24.3 Å². The quantitative estimate of drug-likeness (QED) is 0.595. The van der Waals surface area contributed by atoms with Crippen LogP contribution < -0.4 is 0 Å². The third-order valence-electron chi connectivity index (χ3n) is 1.67. The van der Waals surface area contributed by atoms with Crippen molar-refractivity contribution in [3.05, 3.63) is 29.8 Å². The predicted molar refractivity (Wildman–Crippen MR) is 45.7 cm³/mol. The van der Waals surface area contributed by atoms with Gasteiger partial charge >= 0.3 is 5.97 Å². The number of carboxylic acid groups (broad SMARTS) is 1. The molecule has 0 saturated heterocycles. The molecule has 1 rings (SSSR count). The molecule has 1 aromatic rings. The van der Waals surface area contributed by atoms with Crippen LogP contribution in [-0.4, -0.2) is 27.1 Å². The van der Waals surface area contributed by atoms with Crippen LogP contribution >= 0.6 is 0 Å². The van der Waals surface area contributed by atoms with Crippen molar-refractivity contribution in [2.24, 2.45) is 0 Å². The maximum absolute atomic E-state index is 10.8. The van der Waals surface area contributed by atoms with Crippen molar-refractivity contribution >= 4 is 11.8 Å². The van der Waals surface area contributed by atoms with Crippen LogP contribution in [0.4, 0.5) is 0 Å². The normalized spacial score (nSPS) is 12.1. The molecule has 3 N–H and O–H groups in total. The van der Waals surface area contributed by atoms with Gasteiger partial charge in [0.05, 0.1) is 0 Å². The second kappa shape index (κ2) is 3.89. The van der Waals surface area contributed by atoms with E-state index in [0.717, 1.165) is 0 Å². The van der Waals surface area contributed by atoms with Gasteiger partial charge in [0, 0.05) is 0 Å². The number of phenols is 1. The van der Waals surface area contributed by atoms with E-state index in [-0.39, 0.29) is 11.3 Å². The number of phenolic OH excluding ortho intramolecular Hbond substituents is 1. The molecule has 1 aromatic carbocycles. The van der Waals surface area contributed by atoms with Crippen LogP contribution in [0.2, 0.25) is 0 Å². The average Bonchev–Trinajstić information content (AvgIpc) is 2.16. The van der Waals surface area contributed by atoms with Gasteiger partial charge in [0.25, 0.3) is 5.78 Å². The molecule has 0 amide bonds. The molecule has 0 aliphatic heterocycles. The Bertz CT molecular complexity index is 354. The van der Waals surface area contributed by atoms with Gasteiger partial charge in [-0.2, -0.15) is 0 Å². The highest BCUT2D eigenvalue weighted by atomic mass is 16.4. The number of ketones is 1. The van der Waals surface area contributed by atoms with Gasteiger partial charge in [-0.3, -0.25) is 4.79 Å². The highest BCUT2D eigenvalue weighted by molar-refractivity contribution is 6.34. The number of carbonyl (C=O) groups excluding carboxylic acids is 1. The lowest BCUT2D eigenvalue weighted by atomic mass is 10.1. The summed E-state index contributed by atoms with van der Waals surface area (Å²) in [5.74, 6) is -3.01. The molecule has 1 atom stereocenters. The third-order valence-corrected chi connectivity index (χ3v) is 1.67. The lowest BCUT2D eigenvalue weighted by Crippen LogP contribution is -2.21. The molecule has 0 bridgehead atoms. The van der Waals surface area contributed by atoms with Crippen molar-refractivity contribution in [3.8, 4) is 5.75 Å². The molecule has 0 unspecified atom stereocenters.